The number of hydrogen-bond donors (Lipinski definition) is 0. The van der Waals surface area contributed by atoms with E-state index in [1.807, 2.05) is 6.08 Å². The maximum atomic E-state index is 3.84. The molecule has 0 saturated heterocycles. The van der Waals surface area contributed by atoms with E-state index in [4.69, 9.17) is 0 Å². The van der Waals surface area contributed by atoms with Crippen LogP contribution in [0.5, 0.6) is 0 Å². The summed E-state index contributed by atoms with van der Waals surface area (Å²) >= 11 is 0. The molecule has 0 N–H and O–H groups in total. The van der Waals surface area contributed by atoms with Gasteiger partial charge in [-0.05, 0) is 43.4 Å². The minimum Gasteiger partial charge on any atom is -0.121 e. The summed E-state index contributed by atoms with van der Waals surface area (Å²) in [6.07, 6.45) is 11.4. The standard InChI is InChI=1S/C19H26/c1-4-6-7-8-10-18(9-5-2)15-16-19-13-11-17(3)12-14-19/h5,11-14,16H,2,4,6-10H2,1,3H3. The summed E-state index contributed by atoms with van der Waals surface area (Å²) in [7, 11) is 0. The molecular formula is C19H26. The van der Waals surface area contributed by atoms with E-state index in [1.54, 1.807) is 0 Å². The van der Waals surface area contributed by atoms with Crippen LogP contribution in [0, 0.1) is 6.92 Å². The van der Waals surface area contributed by atoms with E-state index in [-0.39, 0.29) is 0 Å². The fraction of sp³-hybridized carbons (Fsp3) is 0.421. The van der Waals surface area contributed by atoms with Crippen LogP contribution < -0.4 is 0 Å². The van der Waals surface area contributed by atoms with Gasteiger partial charge in [-0.15, -0.1) is 12.3 Å². The Hall–Kier alpha value is -1.52. The molecule has 0 heterocycles. The number of rotatable bonds is 8. The van der Waals surface area contributed by atoms with Gasteiger partial charge in [-0.1, -0.05) is 62.1 Å². The van der Waals surface area contributed by atoms with Crippen LogP contribution in [0.3, 0.4) is 0 Å². The first kappa shape index (κ1) is 15.5. The number of allylic oxidation sites excluding steroid dienone is 2. The Bertz CT molecular complexity index is 428. The Morgan fingerprint density at radius 2 is 1.89 bits per heavy atom. The van der Waals surface area contributed by atoms with Crippen LogP contribution >= 0.6 is 0 Å². The highest BCUT2D eigenvalue weighted by atomic mass is 14.0. The summed E-state index contributed by atoms with van der Waals surface area (Å²) in [4.78, 5) is 0. The zero-order chi connectivity index (χ0) is 13.9. The summed E-state index contributed by atoms with van der Waals surface area (Å²) in [6.45, 7) is 8.20. The molecule has 0 unspecified atom stereocenters. The maximum absolute atomic E-state index is 3.84. The predicted octanol–water partition coefficient (Wildman–Crippen LogP) is 6.08. The van der Waals surface area contributed by atoms with E-state index in [0.29, 0.717) is 0 Å². The molecule has 0 aromatic heterocycles. The lowest BCUT2D eigenvalue weighted by molar-refractivity contribution is 0.661. The number of unbranched alkanes of at least 4 members (excludes halogenated alkanes) is 3. The van der Waals surface area contributed by atoms with E-state index in [1.165, 1.54) is 42.4 Å². The molecule has 1 aromatic carbocycles. The zero-order valence-electron chi connectivity index (χ0n) is 12.4. The summed E-state index contributed by atoms with van der Waals surface area (Å²) in [5.74, 6) is 0. The van der Waals surface area contributed by atoms with Crippen molar-refractivity contribution in [3.8, 4) is 0 Å². The normalized spacial score (nSPS) is 9.79. The highest BCUT2D eigenvalue weighted by Gasteiger charge is 1.95. The van der Waals surface area contributed by atoms with Gasteiger partial charge in [0.15, 0.2) is 0 Å². The van der Waals surface area contributed by atoms with Crippen LogP contribution in [0.2, 0.25) is 0 Å². The maximum Gasteiger partial charge on any atom is -0.00652 e. The van der Waals surface area contributed by atoms with Crippen molar-refractivity contribution in [3.05, 3.63) is 59.4 Å². The van der Waals surface area contributed by atoms with Crippen LogP contribution in [0.1, 0.15) is 56.6 Å². The van der Waals surface area contributed by atoms with Gasteiger partial charge in [0.2, 0.25) is 0 Å². The van der Waals surface area contributed by atoms with E-state index in [9.17, 15) is 0 Å². The molecule has 1 aromatic rings. The van der Waals surface area contributed by atoms with Crippen molar-refractivity contribution in [2.75, 3.05) is 0 Å². The van der Waals surface area contributed by atoms with E-state index >= 15 is 0 Å². The lowest BCUT2D eigenvalue weighted by Crippen LogP contribution is -1.82. The van der Waals surface area contributed by atoms with Crippen molar-refractivity contribution in [2.24, 2.45) is 0 Å². The number of hydrogen-bond acceptors (Lipinski definition) is 0. The van der Waals surface area contributed by atoms with Crippen molar-refractivity contribution in [1.29, 1.82) is 0 Å². The van der Waals surface area contributed by atoms with Gasteiger partial charge < -0.3 is 0 Å². The number of aryl methyl sites for hydroxylation is 1. The molecule has 0 amide bonds. The smallest absolute Gasteiger partial charge is 0.00652 e. The lowest BCUT2D eigenvalue weighted by atomic mass is 10.0. The Balaban J connectivity index is 2.65. The Morgan fingerprint density at radius 1 is 1.16 bits per heavy atom. The zero-order valence-corrected chi connectivity index (χ0v) is 12.4. The second-order valence-electron chi connectivity index (χ2n) is 5.11. The summed E-state index contributed by atoms with van der Waals surface area (Å²) in [5.41, 5.74) is 7.34. The molecule has 0 nitrogen and oxygen atoms in total. The van der Waals surface area contributed by atoms with Gasteiger partial charge in [-0.2, -0.15) is 0 Å². The molecule has 19 heavy (non-hydrogen) atoms. The topological polar surface area (TPSA) is 0 Å². The van der Waals surface area contributed by atoms with Crippen molar-refractivity contribution in [1.82, 2.24) is 0 Å². The fourth-order valence-electron chi connectivity index (χ4n) is 2.02. The summed E-state index contributed by atoms with van der Waals surface area (Å²) in [5, 5.41) is 0. The molecule has 0 aliphatic carbocycles. The average molecular weight is 254 g/mol. The minimum absolute atomic E-state index is 0.953. The molecule has 1 rings (SSSR count). The summed E-state index contributed by atoms with van der Waals surface area (Å²) in [6, 6.07) is 8.57. The van der Waals surface area contributed by atoms with Crippen molar-refractivity contribution in [2.45, 2.75) is 52.4 Å². The first-order valence-electron chi connectivity index (χ1n) is 7.38. The largest absolute Gasteiger partial charge is 0.121 e. The van der Waals surface area contributed by atoms with Crippen molar-refractivity contribution in [3.63, 3.8) is 0 Å². The molecule has 0 saturated carbocycles. The molecule has 0 fully saturated rings. The first-order chi connectivity index (χ1) is 9.26. The second kappa shape index (κ2) is 9.42. The second-order valence-corrected chi connectivity index (χ2v) is 5.11. The molecule has 0 aliphatic heterocycles. The highest BCUT2D eigenvalue weighted by Crippen LogP contribution is 2.14. The quantitative estimate of drug-likeness (QED) is 0.299. The fourth-order valence-corrected chi connectivity index (χ4v) is 2.02. The van der Waals surface area contributed by atoms with Crippen LogP contribution in [-0.2, 0) is 0 Å². The van der Waals surface area contributed by atoms with E-state index in [2.05, 4.69) is 56.5 Å². The third-order valence-electron chi connectivity index (χ3n) is 3.24. The minimum atomic E-state index is 0.953. The molecule has 0 atom stereocenters. The lowest BCUT2D eigenvalue weighted by Gasteiger charge is -2.01. The average Bonchev–Trinajstić information content (AvgIpc) is 2.42. The predicted molar refractivity (Wildman–Crippen MR) is 86.2 cm³/mol. The summed E-state index contributed by atoms with van der Waals surface area (Å²) < 4.78 is 0. The van der Waals surface area contributed by atoms with Gasteiger partial charge in [0, 0.05) is 0 Å². The SMILES string of the molecule is C=CCC(=C=Cc1ccc(C)cc1)CCCCCC. The molecule has 0 spiro atoms. The Labute approximate surface area is 118 Å². The van der Waals surface area contributed by atoms with E-state index < -0.39 is 0 Å². The van der Waals surface area contributed by atoms with Crippen LogP contribution in [0.25, 0.3) is 6.08 Å². The van der Waals surface area contributed by atoms with Crippen molar-refractivity contribution < 1.29 is 0 Å². The van der Waals surface area contributed by atoms with Crippen molar-refractivity contribution >= 4 is 6.08 Å². The van der Waals surface area contributed by atoms with Gasteiger partial charge in [0.1, 0.15) is 0 Å². The van der Waals surface area contributed by atoms with Crippen LogP contribution in [-0.4, -0.2) is 0 Å². The van der Waals surface area contributed by atoms with Gasteiger partial charge in [-0.25, -0.2) is 0 Å². The molecule has 0 heteroatoms. The molecule has 0 aliphatic rings. The number of benzene rings is 1. The van der Waals surface area contributed by atoms with Gasteiger partial charge in [0.25, 0.3) is 0 Å². The molecule has 0 radical (unpaired) electrons. The van der Waals surface area contributed by atoms with Gasteiger partial charge in [0.05, 0.1) is 0 Å². The Morgan fingerprint density at radius 3 is 2.53 bits per heavy atom. The van der Waals surface area contributed by atoms with Gasteiger partial charge in [-0.3, -0.25) is 0 Å². The molecular weight excluding hydrogens is 228 g/mol. The van der Waals surface area contributed by atoms with Gasteiger partial charge >= 0.3 is 0 Å². The molecule has 102 valence electrons. The third-order valence-corrected chi connectivity index (χ3v) is 3.24. The Kier molecular flexibility index (Phi) is 7.70. The third kappa shape index (κ3) is 6.84. The van der Waals surface area contributed by atoms with E-state index in [0.717, 1.165) is 12.8 Å². The van der Waals surface area contributed by atoms with Crippen LogP contribution in [0.4, 0.5) is 0 Å². The van der Waals surface area contributed by atoms with Crippen LogP contribution in [0.15, 0.2) is 48.2 Å². The molecule has 0 bridgehead atoms. The highest BCUT2D eigenvalue weighted by molar-refractivity contribution is 5.49. The first-order valence-corrected chi connectivity index (χ1v) is 7.38. The monoisotopic (exact) mass is 254 g/mol.